The van der Waals surface area contributed by atoms with Crippen molar-refractivity contribution in [2.75, 3.05) is 13.2 Å². The van der Waals surface area contributed by atoms with Crippen molar-refractivity contribution in [1.29, 1.82) is 0 Å². The zero-order chi connectivity index (χ0) is 27.4. The van der Waals surface area contributed by atoms with E-state index in [1.807, 2.05) is 39.8 Å². The number of rotatable bonds is 16. The van der Waals surface area contributed by atoms with Gasteiger partial charge in [0.2, 0.25) is 0 Å². The average Bonchev–Trinajstić information content (AvgIpc) is 3.27. The lowest BCUT2D eigenvalue weighted by molar-refractivity contribution is -0.136. The number of ether oxygens (including phenoxy) is 1. The first-order chi connectivity index (χ1) is 17.1. The van der Waals surface area contributed by atoms with E-state index in [1.165, 1.54) is 5.57 Å². The molecule has 0 amide bonds. The van der Waals surface area contributed by atoms with Gasteiger partial charge in [-0.15, -0.1) is 0 Å². The van der Waals surface area contributed by atoms with Crippen LogP contribution in [0.2, 0.25) is 0 Å². The molecule has 0 saturated heterocycles. The van der Waals surface area contributed by atoms with Crippen LogP contribution in [-0.4, -0.2) is 47.1 Å². The summed E-state index contributed by atoms with van der Waals surface area (Å²) in [5, 5.41) is 23.0. The number of carboxylic acid groups (broad SMARTS) is 1. The molecule has 0 aromatic carbocycles. The van der Waals surface area contributed by atoms with Gasteiger partial charge in [0, 0.05) is 23.5 Å². The number of hydrogen-bond acceptors (Lipinski definition) is 4. The van der Waals surface area contributed by atoms with E-state index in [2.05, 4.69) is 43.5 Å². The lowest BCUT2D eigenvalue weighted by Gasteiger charge is -2.30. The second kappa shape index (κ2) is 20.2. The van der Waals surface area contributed by atoms with Crippen LogP contribution in [-0.2, 0) is 9.53 Å². The Hall–Kier alpha value is -1.92. The van der Waals surface area contributed by atoms with Crippen LogP contribution in [0.5, 0.6) is 0 Å². The number of aliphatic hydroxyl groups excluding tert-OH is 1. The molecule has 36 heavy (non-hydrogen) atoms. The average molecular weight is 522 g/mol. The molecule has 0 aromatic rings. The molecule has 0 heterocycles. The van der Waals surface area contributed by atoms with E-state index < -0.39 is 12.1 Å². The maximum atomic E-state index is 10.5. The first kappa shape index (κ1) is 34.1. The van der Waals surface area contributed by atoms with Crippen molar-refractivity contribution in [2.24, 2.45) is 5.92 Å². The highest BCUT2D eigenvalue weighted by Gasteiger charge is 2.26. The Kier molecular flexibility index (Phi) is 19.1. The first-order valence-corrected chi connectivity index (χ1v) is 13.4. The fraction of sp³-hybridized carbons (Fsp3) is 0.567. The summed E-state index contributed by atoms with van der Waals surface area (Å²) in [6.07, 6.45) is 22.5. The number of aliphatic carboxylic acids is 1. The molecule has 3 N–H and O–H groups in total. The fourth-order valence-corrected chi connectivity index (χ4v) is 3.86. The second-order valence-electron chi connectivity index (χ2n) is 9.40. The standard InChI is InChI=1S/C28H42ClNO4.C2H6/c1-5-6-8-11-23-15-16-24(18-23)19-28(3,4)30-20-26(31)21-34-22(2)14-17-25(29)12-9-7-10-13-27(32)33;1-2/h5-9,11-12,14-15,17,22,24,26,30-31H,10,13,16,18-21H2,1-4H3,(H,32,33);1-2H3/b6-5-,9-7+,11-8-,17-14+,25-12+;. The summed E-state index contributed by atoms with van der Waals surface area (Å²) >= 11 is 6.12. The van der Waals surface area contributed by atoms with Crippen LogP contribution in [0.1, 0.15) is 73.6 Å². The highest BCUT2D eigenvalue weighted by molar-refractivity contribution is 6.31. The number of aliphatic hydroxyl groups is 1. The molecule has 1 aliphatic carbocycles. The van der Waals surface area contributed by atoms with Crippen molar-refractivity contribution in [2.45, 2.75) is 91.4 Å². The Bertz CT molecular complexity index is 793. The van der Waals surface area contributed by atoms with Crippen LogP contribution in [0.15, 0.2) is 71.4 Å². The fourth-order valence-electron chi connectivity index (χ4n) is 3.71. The van der Waals surface area contributed by atoms with Crippen molar-refractivity contribution in [3.63, 3.8) is 0 Å². The number of allylic oxidation sites excluding steroid dienone is 11. The van der Waals surface area contributed by atoms with Crippen LogP contribution in [0.4, 0.5) is 0 Å². The molecule has 0 radical (unpaired) electrons. The van der Waals surface area contributed by atoms with E-state index in [9.17, 15) is 9.90 Å². The molecule has 0 saturated carbocycles. The first-order valence-electron chi connectivity index (χ1n) is 13.1. The number of β-amino-alcohol motifs (C(OH)–C–C–N with tert-alkyl or cyclic N) is 1. The molecule has 6 heteroatoms. The number of nitrogens with one attached hydrogen (secondary N) is 1. The van der Waals surface area contributed by atoms with Crippen LogP contribution in [0.25, 0.3) is 0 Å². The van der Waals surface area contributed by atoms with Gasteiger partial charge in [-0.25, -0.2) is 0 Å². The van der Waals surface area contributed by atoms with Crippen LogP contribution < -0.4 is 5.32 Å². The molecule has 0 bridgehead atoms. The summed E-state index contributed by atoms with van der Waals surface area (Å²) in [6, 6.07) is 0. The van der Waals surface area contributed by atoms with Crippen LogP contribution >= 0.6 is 11.6 Å². The largest absolute Gasteiger partial charge is 0.481 e. The monoisotopic (exact) mass is 521 g/mol. The second-order valence-corrected chi connectivity index (χ2v) is 9.84. The van der Waals surface area contributed by atoms with E-state index in [-0.39, 0.29) is 24.7 Å². The summed E-state index contributed by atoms with van der Waals surface area (Å²) in [7, 11) is 0. The van der Waals surface area contributed by atoms with Gasteiger partial charge >= 0.3 is 5.97 Å². The van der Waals surface area contributed by atoms with Crippen molar-refractivity contribution >= 4 is 17.6 Å². The minimum Gasteiger partial charge on any atom is -0.481 e. The van der Waals surface area contributed by atoms with Gasteiger partial charge in [0.1, 0.15) is 0 Å². The van der Waals surface area contributed by atoms with Gasteiger partial charge in [-0.2, -0.15) is 0 Å². The molecule has 0 aliphatic heterocycles. The molecule has 1 rings (SSSR count). The third-order valence-corrected chi connectivity index (χ3v) is 5.71. The van der Waals surface area contributed by atoms with E-state index in [1.54, 1.807) is 24.3 Å². The zero-order valence-corrected chi connectivity index (χ0v) is 23.8. The molecule has 0 aromatic heterocycles. The highest BCUT2D eigenvalue weighted by atomic mass is 35.5. The van der Waals surface area contributed by atoms with Crippen molar-refractivity contribution in [3.8, 4) is 0 Å². The van der Waals surface area contributed by atoms with Gasteiger partial charge in [-0.05, 0) is 71.4 Å². The topological polar surface area (TPSA) is 78.8 Å². The molecule has 3 atom stereocenters. The predicted molar refractivity (Wildman–Crippen MR) is 153 cm³/mol. The van der Waals surface area contributed by atoms with E-state index in [0.717, 1.165) is 19.3 Å². The van der Waals surface area contributed by atoms with E-state index in [4.69, 9.17) is 21.4 Å². The van der Waals surface area contributed by atoms with Crippen molar-refractivity contribution in [3.05, 3.63) is 71.4 Å². The molecular weight excluding hydrogens is 474 g/mol. The minimum atomic E-state index is -0.819. The summed E-state index contributed by atoms with van der Waals surface area (Å²) in [5.74, 6) is -0.198. The van der Waals surface area contributed by atoms with Gasteiger partial charge < -0.3 is 20.3 Å². The Morgan fingerprint density at radius 2 is 2.03 bits per heavy atom. The third kappa shape index (κ3) is 18.4. The minimum absolute atomic E-state index is 0.0657. The van der Waals surface area contributed by atoms with Crippen molar-refractivity contribution < 1.29 is 19.7 Å². The Morgan fingerprint density at radius 1 is 1.31 bits per heavy atom. The molecule has 0 spiro atoms. The lowest BCUT2D eigenvalue weighted by Crippen LogP contribution is -2.45. The van der Waals surface area contributed by atoms with E-state index in [0.29, 0.717) is 23.9 Å². The van der Waals surface area contributed by atoms with Gasteiger partial charge in [0.15, 0.2) is 0 Å². The maximum Gasteiger partial charge on any atom is 0.303 e. The van der Waals surface area contributed by atoms with Crippen LogP contribution in [0.3, 0.4) is 0 Å². The number of carbonyl (C=O) groups is 1. The molecule has 1 aliphatic rings. The Morgan fingerprint density at radius 3 is 2.69 bits per heavy atom. The Balaban J connectivity index is 0.00000596. The third-order valence-electron chi connectivity index (χ3n) is 5.46. The predicted octanol–water partition coefficient (Wildman–Crippen LogP) is 7.11. The SMILES string of the molecule is C/C=C\C=C/C1=CCC(CC(C)(C)NCC(O)COC(C)/C=C/C(Cl)=C\C=C\CCC(=O)O)C1.CC. The van der Waals surface area contributed by atoms with E-state index >= 15 is 0 Å². The molecule has 5 nitrogen and oxygen atoms in total. The number of carboxylic acids is 1. The smallest absolute Gasteiger partial charge is 0.303 e. The summed E-state index contributed by atoms with van der Waals surface area (Å²) in [4.78, 5) is 10.5. The zero-order valence-electron chi connectivity index (χ0n) is 23.0. The number of halogens is 1. The van der Waals surface area contributed by atoms with Gasteiger partial charge in [-0.1, -0.05) is 79.6 Å². The normalized spacial score (nSPS) is 18.7. The van der Waals surface area contributed by atoms with Gasteiger partial charge in [0.05, 0.1) is 18.8 Å². The summed E-state index contributed by atoms with van der Waals surface area (Å²) in [5.41, 5.74) is 1.34. The van der Waals surface area contributed by atoms with Gasteiger partial charge in [-0.3, -0.25) is 4.79 Å². The van der Waals surface area contributed by atoms with Crippen molar-refractivity contribution in [1.82, 2.24) is 5.32 Å². The summed E-state index contributed by atoms with van der Waals surface area (Å²) < 4.78 is 5.72. The molecule has 0 fully saturated rings. The van der Waals surface area contributed by atoms with Gasteiger partial charge in [0.25, 0.3) is 0 Å². The quantitative estimate of drug-likeness (QED) is 0.189. The molecule has 204 valence electrons. The lowest BCUT2D eigenvalue weighted by atomic mass is 9.88. The summed E-state index contributed by atoms with van der Waals surface area (Å²) in [6.45, 7) is 13.0. The van der Waals surface area contributed by atoms with Crippen LogP contribution in [0, 0.1) is 5.92 Å². The highest BCUT2D eigenvalue weighted by Crippen LogP contribution is 2.32. The molecular formula is C30H48ClNO4. The maximum absolute atomic E-state index is 10.5. The Labute approximate surface area is 224 Å². The molecule has 3 unspecified atom stereocenters. The number of hydrogen-bond donors (Lipinski definition) is 3.